The van der Waals surface area contributed by atoms with E-state index in [1.165, 1.54) is 19.3 Å². The summed E-state index contributed by atoms with van der Waals surface area (Å²) < 4.78 is 0. The Bertz CT molecular complexity index is 68.0. The monoisotopic (exact) mass is 157 g/mol. The lowest BCUT2D eigenvalue weighted by atomic mass is 9.95. The van der Waals surface area contributed by atoms with E-state index in [1.807, 2.05) is 0 Å². The number of hydrogen-bond donors (Lipinski definition) is 2. The van der Waals surface area contributed by atoms with E-state index in [1.54, 1.807) is 5.92 Å². The van der Waals surface area contributed by atoms with Crippen LogP contribution in [-0.4, -0.2) is 13.1 Å². The Labute approximate surface area is 70.3 Å². The van der Waals surface area contributed by atoms with Gasteiger partial charge >= 0.3 is 0 Å². The Kier molecular flexibility index (Phi) is 7.96. The highest BCUT2D eigenvalue weighted by Crippen LogP contribution is 2.18. The van der Waals surface area contributed by atoms with E-state index in [2.05, 4.69) is 6.92 Å². The summed E-state index contributed by atoms with van der Waals surface area (Å²) in [7, 11) is 0. The van der Waals surface area contributed by atoms with Gasteiger partial charge in [0.15, 0.2) is 0 Å². The maximum absolute atomic E-state index is 5.48. The summed E-state index contributed by atoms with van der Waals surface area (Å²) in [6, 6.07) is 0. The quantitative estimate of drug-likeness (QED) is 0.587. The lowest BCUT2D eigenvalue weighted by Gasteiger charge is -2.12. The van der Waals surface area contributed by atoms with Gasteiger partial charge in [-0.25, -0.2) is 0 Å². The highest BCUT2D eigenvalue weighted by atomic mass is 14.5. The predicted molar refractivity (Wildman–Crippen MR) is 50.1 cm³/mol. The van der Waals surface area contributed by atoms with Crippen molar-refractivity contribution >= 4 is 0 Å². The van der Waals surface area contributed by atoms with Gasteiger partial charge in [-0.1, -0.05) is 13.3 Å². The van der Waals surface area contributed by atoms with Crippen LogP contribution in [0.1, 0.15) is 39.0 Å². The van der Waals surface area contributed by atoms with Gasteiger partial charge in [-0.15, -0.1) is 0 Å². The maximum Gasteiger partial charge on any atom is -0.00718 e. The van der Waals surface area contributed by atoms with Gasteiger partial charge in [0.05, 0.1) is 0 Å². The van der Waals surface area contributed by atoms with Gasteiger partial charge in [-0.3, -0.25) is 0 Å². The first kappa shape index (κ1) is 10.9. The molecule has 0 aromatic carbocycles. The summed E-state index contributed by atoms with van der Waals surface area (Å²) in [6.07, 6.45) is 5.86. The summed E-state index contributed by atoms with van der Waals surface area (Å²) >= 11 is 0. The standard InChI is InChI=1S/C9H21N2/c1-2-4-9(6-8-11)5-3-7-10/h2-8,10-11H2,1H3. The van der Waals surface area contributed by atoms with Gasteiger partial charge in [-0.05, 0) is 44.7 Å². The van der Waals surface area contributed by atoms with Crippen LogP contribution in [0, 0.1) is 5.92 Å². The van der Waals surface area contributed by atoms with Crippen molar-refractivity contribution in [3.8, 4) is 0 Å². The molecule has 0 saturated carbocycles. The van der Waals surface area contributed by atoms with Gasteiger partial charge in [0.1, 0.15) is 0 Å². The van der Waals surface area contributed by atoms with Crippen molar-refractivity contribution < 1.29 is 0 Å². The molecule has 0 bridgehead atoms. The van der Waals surface area contributed by atoms with Crippen LogP contribution >= 0.6 is 0 Å². The van der Waals surface area contributed by atoms with Crippen LogP contribution in [0.3, 0.4) is 0 Å². The third-order valence-electron chi connectivity index (χ3n) is 1.84. The average Bonchev–Trinajstić information content (AvgIpc) is 2.01. The zero-order valence-electron chi connectivity index (χ0n) is 7.60. The molecule has 0 amide bonds. The Morgan fingerprint density at radius 3 is 2.18 bits per heavy atom. The first-order valence-electron chi connectivity index (χ1n) is 4.58. The highest BCUT2D eigenvalue weighted by Gasteiger charge is 2.05. The number of hydrogen-bond acceptors (Lipinski definition) is 2. The van der Waals surface area contributed by atoms with Crippen molar-refractivity contribution in [3.63, 3.8) is 0 Å². The van der Waals surface area contributed by atoms with Crippen LogP contribution in [0.4, 0.5) is 0 Å². The maximum atomic E-state index is 5.48. The van der Waals surface area contributed by atoms with E-state index in [4.69, 9.17) is 11.5 Å². The molecule has 0 spiro atoms. The van der Waals surface area contributed by atoms with Gasteiger partial charge in [0.25, 0.3) is 0 Å². The second kappa shape index (κ2) is 8.02. The predicted octanol–water partition coefficient (Wildman–Crippen LogP) is 1.45. The fourth-order valence-electron chi connectivity index (χ4n) is 1.28. The SMILES string of the molecule is CCC[C](CCN)CCCN. The fraction of sp³-hybridized carbons (Fsp3) is 0.889. The summed E-state index contributed by atoms with van der Waals surface area (Å²) in [5, 5.41) is 0. The first-order valence-corrected chi connectivity index (χ1v) is 4.58. The number of nitrogens with two attached hydrogens (primary N) is 2. The lowest BCUT2D eigenvalue weighted by Crippen LogP contribution is -2.09. The van der Waals surface area contributed by atoms with E-state index in [-0.39, 0.29) is 0 Å². The van der Waals surface area contributed by atoms with E-state index in [0.717, 1.165) is 25.9 Å². The molecule has 0 aliphatic rings. The van der Waals surface area contributed by atoms with Crippen molar-refractivity contribution in [1.29, 1.82) is 0 Å². The zero-order chi connectivity index (χ0) is 8.53. The minimum Gasteiger partial charge on any atom is -0.330 e. The van der Waals surface area contributed by atoms with Gasteiger partial charge in [0, 0.05) is 0 Å². The first-order chi connectivity index (χ1) is 5.35. The second-order valence-electron chi connectivity index (χ2n) is 2.93. The fourth-order valence-corrected chi connectivity index (χ4v) is 1.28. The molecule has 0 fully saturated rings. The third kappa shape index (κ3) is 6.32. The smallest absolute Gasteiger partial charge is 0.00718 e. The minimum atomic E-state index is 0.792. The van der Waals surface area contributed by atoms with Crippen molar-refractivity contribution in [2.24, 2.45) is 11.5 Å². The minimum absolute atomic E-state index is 0.792. The average molecular weight is 157 g/mol. The zero-order valence-corrected chi connectivity index (χ0v) is 7.60. The summed E-state index contributed by atoms with van der Waals surface area (Å²) in [5.41, 5.74) is 10.9. The van der Waals surface area contributed by atoms with Gasteiger partial charge in [0.2, 0.25) is 0 Å². The van der Waals surface area contributed by atoms with Crippen LogP contribution in [0.15, 0.2) is 0 Å². The molecule has 0 atom stereocenters. The molecule has 2 heteroatoms. The van der Waals surface area contributed by atoms with Crippen LogP contribution in [0.25, 0.3) is 0 Å². The molecule has 0 aromatic heterocycles. The van der Waals surface area contributed by atoms with E-state index < -0.39 is 0 Å². The summed E-state index contributed by atoms with van der Waals surface area (Å²) in [6.45, 7) is 3.80. The molecule has 0 aromatic rings. The van der Waals surface area contributed by atoms with Crippen molar-refractivity contribution in [2.45, 2.75) is 39.0 Å². The molecular formula is C9H21N2. The number of rotatable bonds is 7. The van der Waals surface area contributed by atoms with Crippen molar-refractivity contribution in [2.75, 3.05) is 13.1 Å². The second-order valence-corrected chi connectivity index (χ2v) is 2.93. The molecule has 67 valence electrons. The Morgan fingerprint density at radius 1 is 1.00 bits per heavy atom. The molecule has 0 rings (SSSR count). The molecule has 0 aliphatic heterocycles. The van der Waals surface area contributed by atoms with E-state index in [9.17, 15) is 0 Å². The van der Waals surface area contributed by atoms with Crippen LogP contribution in [0.2, 0.25) is 0 Å². The van der Waals surface area contributed by atoms with Gasteiger partial charge in [-0.2, -0.15) is 0 Å². The third-order valence-corrected chi connectivity index (χ3v) is 1.84. The lowest BCUT2D eigenvalue weighted by molar-refractivity contribution is 0.620. The van der Waals surface area contributed by atoms with Crippen LogP contribution < -0.4 is 11.5 Å². The largest absolute Gasteiger partial charge is 0.330 e. The highest BCUT2D eigenvalue weighted by molar-refractivity contribution is 4.89. The molecule has 0 heterocycles. The van der Waals surface area contributed by atoms with E-state index >= 15 is 0 Å². The van der Waals surface area contributed by atoms with Crippen LogP contribution in [-0.2, 0) is 0 Å². The molecule has 1 radical (unpaired) electrons. The molecule has 2 nitrogen and oxygen atoms in total. The molecule has 11 heavy (non-hydrogen) atoms. The molecule has 4 N–H and O–H groups in total. The van der Waals surface area contributed by atoms with Gasteiger partial charge < -0.3 is 11.5 Å². The van der Waals surface area contributed by atoms with Crippen LogP contribution in [0.5, 0.6) is 0 Å². The summed E-state index contributed by atoms with van der Waals surface area (Å²) in [4.78, 5) is 0. The Morgan fingerprint density at radius 2 is 1.73 bits per heavy atom. The molecule has 0 unspecified atom stereocenters. The van der Waals surface area contributed by atoms with E-state index in [0.29, 0.717) is 0 Å². The van der Waals surface area contributed by atoms with Crippen molar-refractivity contribution in [1.82, 2.24) is 0 Å². The van der Waals surface area contributed by atoms with Crippen molar-refractivity contribution in [3.05, 3.63) is 5.92 Å². The summed E-state index contributed by atoms with van der Waals surface area (Å²) in [5.74, 6) is 1.60. The normalized spacial score (nSPS) is 10.9. The molecule has 0 saturated heterocycles. The molecule has 0 aliphatic carbocycles. The Hall–Kier alpha value is -0.0800. The molecular weight excluding hydrogens is 136 g/mol. The Balaban J connectivity index is 3.34. The topological polar surface area (TPSA) is 52.0 Å².